The predicted molar refractivity (Wildman–Crippen MR) is 122 cm³/mol. The zero-order chi connectivity index (χ0) is 22.2. The maximum Gasteiger partial charge on any atom is 0.258 e. The summed E-state index contributed by atoms with van der Waals surface area (Å²) in [7, 11) is 0. The van der Waals surface area contributed by atoms with E-state index in [0.29, 0.717) is 31.1 Å². The lowest BCUT2D eigenvalue weighted by atomic mass is 9.86. The van der Waals surface area contributed by atoms with Gasteiger partial charge in [-0.1, -0.05) is 18.2 Å². The van der Waals surface area contributed by atoms with Gasteiger partial charge < -0.3 is 15.0 Å². The van der Waals surface area contributed by atoms with E-state index >= 15 is 0 Å². The quantitative estimate of drug-likeness (QED) is 0.696. The number of hydrogen-bond acceptors (Lipinski definition) is 5. The van der Waals surface area contributed by atoms with E-state index < -0.39 is 5.92 Å². The molecule has 4 heterocycles. The van der Waals surface area contributed by atoms with Crippen molar-refractivity contribution in [3.05, 3.63) is 69.9 Å². The number of carbonyl (C=O) groups excluding carboxylic acids is 1. The van der Waals surface area contributed by atoms with E-state index in [9.17, 15) is 14.7 Å². The average Bonchev–Trinajstić information content (AvgIpc) is 3.60. The van der Waals surface area contributed by atoms with Crippen molar-refractivity contribution in [2.45, 2.75) is 44.9 Å². The molecular weight excluding hydrogens is 404 g/mol. The highest BCUT2D eigenvalue weighted by molar-refractivity contribution is 5.80. The fraction of sp³-hybridized carbons (Fsp3) is 0.480. The second kappa shape index (κ2) is 8.64. The number of nitrogens with one attached hydrogen (secondary N) is 1. The van der Waals surface area contributed by atoms with E-state index in [1.807, 2.05) is 54.1 Å². The van der Waals surface area contributed by atoms with Crippen LogP contribution in [0.15, 0.2) is 47.5 Å². The number of fused-ring (bicyclic) bond motifs is 4. The molecule has 3 aliphatic rings. The monoisotopic (exact) mass is 434 g/mol. The molecule has 2 aromatic heterocycles. The summed E-state index contributed by atoms with van der Waals surface area (Å²) >= 11 is 0. The maximum absolute atomic E-state index is 13.4. The summed E-state index contributed by atoms with van der Waals surface area (Å²) in [5.74, 6) is -0.0726. The number of rotatable bonds is 7. The second-order valence-corrected chi connectivity index (χ2v) is 9.24. The number of aliphatic hydroxyl groups is 1. The average molecular weight is 435 g/mol. The van der Waals surface area contributed by atoms with Gasteiger partial charge in [0.25, 0.3) is 5.56 Å². The first-order valence-electron chi connectivity index (χ1n) is 11.5. The van der Waals surface area contributed by atoms with E-state index in [4.69, 9.17) is 0 Å². The Morgan fingerprint density at radius 2 is 2.16 bits per heavy atom. The lowest BCUT2D eigenvalue weighted by Crippen LogP contribution is -2.46. The number of nitrogens with zero attached hydrogens (tertiary/aromatic N) is 3. The van der Waals surface area contributed by atoms with Gasteiger partial charge in [-0.15, -0.1) is 0 Å². The van der Waals surface area contributed by atoms with Crippen molar-refractivity contribution in [2.75, 3.05) is 13.2 Å². The summed E-state index contributed by atoms with van der Waals surface area (Å²) in [4.78, 5) is 33.1. The fourth-order valence-electron chi connectivity index (χ4n) is 5.45. The minimum Gasteiger partial charge on any atom is -0.396 e. The molecule has 2 N–H and O–H groups in total. The molecular formula is C25H30N4O3. The smallest absolute Gasteiger partial charge is 0.258 e. The number of pyridine rings is 2. The Hall–Kier alpha value is -2.77. The third-order valence-corrected chi connectivity index (χ3v) is 7.20. The van der Waals surface area contributed by atoms with Crippen LogP contribution in [0.4, 0.5) is 0 Å². The minimum absolute atomic E-state index is 0.0157. The molecule has 1 saturated carbocycles. The molecule has 1 saturated heterocycles. The maximum atomic E-state index is 13.4. The Balaban J connectivity index is 1.56. The highest BCUT2D eigenvalue weighted by Gasteiger charge is 2.55. The van der Waals surface area contributed by atoms with Gasteiger partial charge in [0.15, 0.2) is 0 Å². The van der Waals surface area contributed by atoms with Crippen LogP contribution in [0.1, 0.15) is 42.6 Å². The van der Waals surface area contributed by atoms with Crippen LogP contribution in [0.3, 0.4) is 0 Å². The van der Waals surface area contributed by atoms with Gasteiger partial charge in [-0.3, -0.25) is 19.5 Å². The van der Waals surface area contributed by atoms with Crippen molar-refractivity contribution in [3.63, 3.8) is 0 Å². The molecule has 0 unspecified atom stereocenters. The van der Waals surface area contributed by atoms with Crippen LogP contribution in [-0.4, -0.2) is 44.7 Å². The van der Waals surface area contributed by atoms with Crippen LogP contribution in [0.5, 0.6) is 0 Å². The molecule has 32 heavy (non-hydrogen) atoms. The zero-order valence-electron chi connectivity index (χ0n) is 18.4. The zero-order valence-corrected chi connectivity index (χ0v) is 18.4. The van der Waals surface area contributed by atoms with E-state index in [1.54, 1.807) is 6.20 Å². The molecule has 7 heteroatoms. The molecule has 0 radical (unpaired) electrons. The minimum atomic E-state index is -0.402. The molecule has 2 aromatic rings. The van der Waals surface area contributed by atoms with Crippen molar-refractivity contribution < 1.29 is 9.90 Å². The molecule has 2 bridgehead atoms. The van der Waals surface area contributed by atoms with Crippen LogP contribution in [0.25, 0.3) is 6.08 Å². The Bertz CT molecular complexity index is 1080. The van der Waals surface area contributed by atoms with Gasteiger partial charge in [0, 0.05) is 61.9 Å². The van der Waals surface area contributed by atoms with Gasteiger partial charge >= 0.3 is 0 Å². The van der Waals surface area contributed by atoms with Crippen molar-refractivity contribution in [3.8, 4) is 0 Å². The lowest BCUT2D eigenvalue weighted by Gasteiger charge is -2.38. The van der Waals surface area contributed by atoms with Crippen molar-refractivity contribution in [2.24, 2.45) is 17.8 Å². The van der Waals surface area contributed by atoms with E-state index in [1.165, 1.54) is 12.8 Å². The Morgan fingerprint density at radius 3 is 2.84 bits per heavy atom. The SMILES string of the molecule is C/C=C/c1ccc2n(c1=O)C[C@H]1[C@H](CO)[C@@H](C(=O)NCC3CC3)[C@@H]2N1Cc1cccnc1. The Morgan fingerprint density at radius 1 is 1.31 bits per heavy atom. The predicted octanol–water partition coefficient (Wildman–Crippen LogP) is 1.97. The van der Waals surface area contributed by atoms with E-state index in [0.717, 1.165) is 11.3 Å². The van der Waals surface area contributed by atoms with Crippen LogP contribution in [0, 0.1) is 17.8 Å². The van der Waals surface area contributed by atoms with Crippen LogP contribution < -0.4 is 10.9 Å². The van der Waals surface area contributed by atoms with Crippen molar-refractivity contribution in [1.29, 1.82) is 0 Å². The van der Waals surface area contributed by atoms with E-state index in [-0.39, 0.29) is 36.1 Å². The van der Waals surface area contributed by atoms with Gasteiger partial charge in [-0.05, 0) is 49.4 Å². The van der Waals surface area contributed by atoms with Gasteiger partial charge in [0.05, 0.1) is 12.0 Å². The highest BCUT2D eigenvalue weighted by atomic mass is 16.3. The topological polar surface area (TPSA) is 87.5 Å². The van der Waals surface area contributed by atoms with Crippen molar-refractivity contribution >= 4 is 12.0 Å². The van der Waals surface area contributed by atoms with Gasteiger partial charge in [0.1, 0.15) is 0 Å². The number of aromatic nitrogens is 2. The molecule has 4 atom stereocenters. The highest BCUT2D eigenvalue weighted by Crippen LogP contribution is 2.49. The molecule has 7 nitrogen and oxygen atoms in total. The summed E-state index contributed by atoms with van der Waals surface area (Å²) in [5.41, 5.74) is 2.52. The third kappa shape index (κ3) is 3.69. The number of hydrogen-bond donors (Lipinski definition) is 2. The van der Waals surface area contributed by atoms with E-state index in [2.05, 4.69) is 15.2 Å². The number of carbonyl (C=O) groups is 1. The molecule has 2 fully saturated rings. The first-order chi connectivity index (χ1) is 15.6. The largest absolute Gasteiger partial charge is 0.396 e. The third-order valence-electron chi connectivity index (χ3n) is 7.20. The van der Waals surface area contributed by atoms with Crippen LogP contribution >= 0.6 is 0 Å². The first kappa shape index (κ1) is 21.1. The number of aliphatic hydroxyl groups excluding tert-OH is 1. The summed E-state index contributed by atoms with van der Waals surface area (Å²) < 4.78 is 1.82. The van der Waals surface area contributed by atoms with Crippen LogP contribution in [0.2, 0.25) is 0 Å². The Kier molecular flexibility index (Phi) is 5.69. The second-order valence-electron chi connectivity index (χ2n) is 9.24. The molecule has 1 aliphatic carbocycles. The van der Waals surface area contributed by atoms with Crippen molar-refractivity contribution in [1.82, 2.24) is 19.8 Å². The Labute approximate surface area is 187 Å². The summed E-state index contributed by atoms with van der Waals surface area (Å²) in [5, 5.41) is 13.5. The molecule has 0 aromatic carbocycles. The fourth-order valence-corrected chi connectivity index (χ4v) is 5.45. The molecule has 0 spiro atoms. The van der Waals surface area contributed by atoms with Gasteiger partial charge in [0.2, 0.25) is 5.91 Å². The van der Waals surface area contributed by atoms with Crippen LogP contribution in [-0.2, 0) is 17.9 Å². The molecule has 2 aliphatic heterocycles. The molecule has 168 valence electrons. The molecule has 1 amide bonds. The lowest BCUT2D eigenvalue weighted by molar-refractivity contribution is -0.127. The summed E-state index contributed by atoms with van der Waals surface area (Å²) in [6, 6.07) is 7.40. The first-order valence-corrected chi connectivity index (χ1v) is 11.5. The number of amides is 1. The normalized spacial score (nSPS) is 26.9. The van der Waals surface area contributed by atoms with Gasteiger partial charge in [-0.25, -0.2) is 0 Å². The molecule has 5 rings (SSSR count). The standard InChI is InChI=1S/C25H30N4O3/c1-2-4-18-8-9-20-23-22(24(31)27-12-16-6-7-16)19(15-30)21(14-29(20)25(18)32)28(23)13-17-5-3-10-26-11-17/h2-5,8-11,16,19,21-23,30H,6-7,12-15H2,1H3,(H,27,31)/b4-2+/t19-,21-,22+,23+/m0/s1. The summed E-state index contributed by atoms with van der Waals surface area (Å²) in [6.07, 6.45) is 9.60. The van der Waals surface area contributed by atoms with Gasteiger partial charge in [-0.2, -0.15) is 0 Å². The number of allylic oxidation sites excluding steroid dienone is 1. The summed E-state index contributed by atoms with van der Waals surface area (Å²) in [6.45, 7) is 3.59.